The first-order chi connectivity index (χ1) is 11.7. The molecule has 0 aliphatic heterocycles. The first-order valence-electron chi connectivity index (χ1n) is 7.58. The Labute approximate surface area is 141 Å². The molecule has 0 bridgehead atoms. The molecule has 1 aromatic heterocycles. The van der Waals surface area contributed by atoms with Crippen molar-refractivity contribution in [2.45, 2.75) is 19.8 Å². The molecule has 0 saturated heterocycles. The second-order valence-corrected chi connectivity index (χ2v) is 5.25. The number of hydrogen-bond acceptors (Lipinski definition) is 7. The van der Waals surface area contributed by atoms with Crippen molar-refractivity contribution in [1.82, 2.24) is 9.97 Å². The minimum Gasteiger partial charge on any atom is -0.393 e. The van der Waals surface area contributed by atoms with Gasteiger partial charge in [0.25, 0.3) is 0 Å². The van der Waals surface area contributed by atoms with Crippen molar-refractivity contribution >= 4 is 23.0 Å². The SMILES string of the molecule is Cc1ccc(Nc2ncnc(N(CCC#N)CCC#N)c2N)cc1. The predicted octanol–water partition coefficient (Wildman–Crippen LogP) is 2.74. The van der Waals surface area contributed by atoms with Crippen LogP contribution >= 0.6 is 0 Å². The van der Waals surface area contributed by atoms with Gasteiger partial charge in [-0.25, -0.2) is 9.97 Å². The van der Waals surface area contributed by atoms with Gasteiger partial charge in [0.1, 0.15) is 12.0 Å². The molecule has 0 aliphatic carbocycles. The maximum Gasteiger partial charge on any atom is 0.159 e. The number of nitrogen functional groups attached to an aromatic ring is 1. The number of benzene rings is 1. The van der Waals surface area contributed by atoms with E-state index in [0.717, 1.165) is 11.3 Å². The van der Waals surface area contributed by atoms with Crippen molar-refractivity contribution < 1.29 is 0 Å². The fourth-order valence-electron chi connectivity index (χ4n) is 2.21. The second-order valence-electron chi connectivity index (χ2n) is 5.25. The Morgan fingerprint density at radius 3 is 2.29 bits per heavy atom. The van der Waals surface area contributed by atoms with Gasteiger partial charge in [0.2, 0.25) is 0 Å². The molecule has 7 heteroatoms. The van der Waals surface area contributed by atoms with Gasteiger partial charge in [-0.05, 0) is 19.1 Å². The summed E-state index contributed by atoms with van der Waals surface area (Å²) in [7, 11) is 0. The second kappa shape index (κ2) is 8.35. The number of aromatic nitrogens is 2. The van der Waals surface area contributed by atoms with Gasteiger partial charge in [0.05, 0.1) is 25.0 Å². The highest BCUT2D eigenvalue weighted by atomic mass is 15.2. The van der Waals surface area contributed by atoms with Crippen LogP contribution < -0.4 is 16.0 Å². The van der Waals surface area contributed by atoms with Gasteiger partial charge < -0.3 is 16.0 Å². The maximum atomic E-state index is 8.81. The van der Waals surface area contributed by atoms with E-state index in [1.165, 1.54) is 6.33 Å². The van der Waals surface area contributed by atoms with Crippen LogP contribution in [-0.2, 0) is 0 Å². The lowest BCUT2D eigenvalue weighted by Gasteiger charge is -2.23. The van der Waals surface area contributed by atoms with Gasteiger partial charge in [-0.3, -0.25) is 0 Å². The fourth-order valence-corrected chi connectivity index (χ4v) is 2.21. The van der Waals surface area contributed by atoms with Crippen molar-refractivity contribution in [1.29, 1.82) is 10.5 Å². The first-order valence-corrected chi connectivity index (χ1v) is 7.58. The third kappa shape index (κ3) is 4.34. The minimum absolute atomic E-state index is 0.329. The van der Waals surface area contributed by atoms with Crippen molar-refractivity contribution in [2.24, 2.45) is 0 Å². The number of nitrogens with two attached hydrogens (primary N) is 1. The van der Waals surface area contributed by atoms with Crippen LogP contribution in [0.3, 0.4) is 0 Å². The van der Waals surface area contributed by atoms with Gasteiger partial charge in [0.15, 0.2) is 11.6 Å². The zero-order valence-electron chi connectivity index (χ0n) is 13.5. The third-order valence-corrected chi connectivity index (χ3v) is 3.46. The molecule has 0 fully saturated rings. The summed E-state index contributed by atoms with van der Waals surface area (Å²) in [5.41, 5.74) is 8.64. The smallest absolute Gasteiger partial charge is 0.159 e. The summed E-state index contributed by atoms with van der Waals surface area (Å²) in [6.07, 6.45) is 2.08. The lowest BCUT2D eigenvalue weighted by atomic mass is 10.2. The molecule has 3 N–H and O–H groups in total. The molecule has 0 unspecified atom stereocenters. The molecule has 0 aliphatic rings. The van der Waals surface area contributed by atoms with Crippen LogP contribution in [0.15, 0.2) is 30.6 Å². The number of hydrogen-bond donors (Lipinski definition) is 2. The summed E-state index contributed by atoms with van der Waals surface area (Å²) in [5, 5.41) is 20.8. The number of nitrogens with one attached hydrogen (secondary N) is 1. The Kier molecular flexibility index (Phi) is 5.93. The molecule has 0 radical (unpaired) electrons. The first kappa shape index (κ1) is 17.0. The highest BCUT2D eigenvalue weighted by molar-refractivity contribution is 5.78. The average molecular weight is 321 g/mol. The van der Waals surface area contributed by atoms with Crippen LogP contribution in [-0.4, -0.2) is 23.1 Å². The topological polar surface area (TPSA) is 115 Å². The zero-order valence-corrected chi connectivity index (χ0v) is 13.5. The molecule has 1 heterocycles. The Morgan fingerprint density at radius 1 is 1.08 bits per heavy atom. The summed E-state index contributed by atoms with van der Waals surface area (Å²) in [6, 6.07) is 12.1. The van der Waals surface area contributed by atoms with Crippen molar-refractivity contribution in [3.63, 3.8) is 0 Å². The molecule has 7 nitrogen and oxygen atoms in total. The Balaban J connectivity index is 2.25. The molecule has 0 saturated carbocycles. The van der Waals surface area contributed by atoms with E-state index in [4.69, 9.17) is 16.3 Å². The van der Waals surface area contributed by atoms with Crippen molar-refractivity contribution in [2.75, 3.05) is 29.0 Å². The van der Waals surface area contributed by atoms with Gasteiger partial charge >= 0.3 is 0 Å². The molecule has 1 aromatic carbocycles. The molecule has 122 valence electrons. The van der Waals surface area contributed by atoms with E-state index in [2.05, 4.69) is 27.4 Å². The largest absolute Gasteiger partial charge is 0.393 e. The van der Waals surface area contributed by atoms with E-state index >= 15 is 0 Å². The molecular weight excluding hydrogens is 302 g/mol. The van der Waals surface area contributed by atoms with Crippen LogP contribution in [0.25, 0.3) is 0 Å². The Hall–Kier alpha value is -3.32. The van der Waals surface area contributed by atoms with E-state index in [9.17, 15) is 0 Å². The van der Waals surface area contributed by atoms with E-state index in [1.54, 1.807) is 0 Å². The Morgan fingerprint density at radius 2 is 1.71 bits per heavy atom. The number of anilines is 4. The Bertz CT molecular complexity index is 738. The van der Waals surface area contributed by atoms with Gasteiger partial charge in [-0.2, -0.15) is 10.5 Å². The van der Waals surface area contributed by atoms with E-state index in [1.807, 2.05) is 36.1 Å². The summed E-state index contributed by atoms with van der Waals surface area (Å²) >= 11 is 0. The molecule has 0 spiro atoms. The predicted molar refractivity (Wildman–Crippen MR) is 93.6 cm³/mol. The van der Waals surface area contributed by atoms with Gasteiger partial charge in [-0.1, -0.05) is 17.7 Å². The number of nitriles is 2. The highest BCUT2D eigenvalue weighted by Gasteiger charge is 2.15. The maximum absolute atomic E-state index is 8.81. The van der Waals surface area contributed by atoms with E-state index < -0.39 is 0 Å². The zero-order chi connectivity index (χ0) is 17.4. The lowest BCUT2D eigenvalue weighted by Crippen LogP contribution is -2.27. The number of aryl methyl sites for hydroxylation is 1. The number of nitrogens with zero attached hydrogens (tertiary/aromatic N) is 5. The van der Waals surface area contributed by atoms with Crippen molar-refractivity contribution in [3.8, 4) is 12.1 Å². The van der Waals surface area contributed by atoms with Crippen LogP contribution in [0.2, 0.25) is 0 Å². The number of rotatable bonds is 7. The molecule has 2 aromatic rings. The molecule has 0 atom stereocenters. The van der Waals surface area contributed by atoms with E-state index in [0.29, 0.717) is 43.3 Å². The average Bonchev–Trinajstić information content (AvgIpc) is 2.59. The standard InChI is InChI=1S/C17H19N7/c1-13-4-6-14(7-5-13)23-16-15(20)17(22-12-21-16)24(10-2-8-18)11-3-9-19/h4-7,12H,2-3,10-11,20H2,1H3,(H,21,22,23). The molecule has 24 heavy (non-hydrogen) atoms. The monoisotopic (exact) mass is 321 g/mol. The normalized spacial score (nSPS) is 9.79. The summed E-state index contributed by atoms with van der Waals surface area (Å²) in [4.78, 5) is 10.3. The minimum atomic E-state index is 0.329. The van der Waals surface area contributed by atoms with Crippen LogP contribution in [0.4, 0.5) is 23.0 Å². The quantitative estimate of drug-likeness (QED) is 0.805. The molecule has 2 rings (SSSR count). The van der Waals surface area contributed by atoms with E-state index in [-0.39, 0.29) is 0 Å². The van der Waals surface area contributed by atoms with Crippen LogP contribution in [0, 0.1) is 29.6 Å². The van der Waals surface area contributed by atoms with Crippen molar-refractivity contribution in [3.05, 3.63) is 36.2 Å². The van der Waals surface area contributed by atoms with Crippen LogP contribution in [0.1, 0.15) is 18.4 Å². The van der Waals surface area contributed by atoms with Crippen LogP contribution in [0.5, 0.6) is 0 Å². The lowest BCUT2D eigenvalue weighted by molar-refractivity contribution is 0.782. The molecular formula is C17H19N7. The summed E-state index contributed by atoms with van der Waals surface area (Å²) in [6.45, 7) is 2.94. The van der Waals surface area contributed by atoms with Gasteiger partial charge in [0, 0.05) is 18.8 Å². The summed E-state index contributed by atoms with van der Waals surface area (Å²) in [5.74, 6) is 1.04. The highest BCUT2D eigenvalue weighted by Crippen LogP contribution is 2.28. The third-order valence-electron chi connectivity index (χ3n) is 3.46. The van der Waals surface area contributed by atoms with Gasteiger partial charge in [-0.15, -0.1) is 0 Å². The summed E-state index contributed by atoms with van der Waals surface area (Å²) < 4.78 is 0. The fraction of sp³-hybridized carbons (Fsp3) is 0.294. The molecule has 0 amide bonds.